The minimum atomic E-state index is -0.987. The SMILES string of the molecule is CC(C)N=C1NC=CC(C)(O)N1. The highest BCUT2D eigenvalue weighted by molar-refractivity contribution is 5.82. The van der Waals surface area contributed by atoms with Crippen molar-refractivity contribution in [1.82, 2.24) is 10.6 Å². The Kier molecular flexibility index (Phi) is 2.38. The van der Waals surface area contributed by atoms with Gasteiger partial charge in [0.05, 0.1) is 0 Å². The summed E-state index contributed by atoms with van der Waals surface area (Å²) in [5, 5.41) is 15.3. The van der Waals surface area contributed by atoms with Crippen molar-refractivity contribution in [2.75, 3.05) is 0 Å². The van der Waals surface area contributed by atoms with Crippen LogP contribution in [-0.2, 0) is 0 Å². The lowest BCUT2D eigenvalue weighted by Crippen LogP contribution is -2.52. The predicted molar refractivity (Wildman–Crippen MR) is 48.6 cm³/mol. The van der Waals surface area contributed by atoms with Crippen LogP contribution in [0.2, 0.25) is 0 Å². The number of aliphatic hydroxyl groups is 1. The topological polar surface area (TPSA) is 56.7 Å². The molecule has 0 aliphatic carbocycles. The van der Waals surface area contributed by atoms with Gasteiger partial charge in [-0.2, -0.15) is 0 Å². The van der Waals surface area contributed by atoms with Crippen LogP contribution < -0.4 is 10.6 Å². The Morgan fingerprint density at radius 2 is 2.25 bits per heavy atom. The predicted octanol–water partition coefficient (Wildman–Crippen LogP) is 0.166. The summed E-state index contributed by atoms with van der Waals surface area (Å²) in [4.78, 5) is 4.22. The molecule has 0 saturated carbocycles. The molecule has 0 aromatic rings. The van der Waals surface area contributed by atoms with Gasteiger partial charge in [-0.15, -0.1) is 0 Å². The molecule has 4 heteroatoms. The number of nitrogens with zero attached hydrogens (tertiary/aromatic N) is 1. The van der Waals surface area contributed by atoms with Gasteiger partial charge in [-0.1, -0.05) is 0 Å². The Morgan fingerprint density at radius 1 is 1.58 bits per heavy atom. The summed E-state index contributed by atoms with van der Waals surface area (Å²) in [6, 6.07) is 0.210. The zero-order valence-corrected chi connectivity index (χ0v) is 7.63. The molecule has 0 amide bonds. The molecule has 0 spiro atoms. The third-order valence-corrected chi connectivity index (χ3v) is 1.39. The zero-order chi connectivity index (χ0) is 9.19. The van der Waals surface area contributed by atoms with E-state index in [0.29, 0.717) is 5.96 Å². The number of rotatable bonds is 1. The lowest BCUT2D eigenvalue weighted by Gasteiger charge is -2.27. The lowest BCUT2D eigenvalue weighted by molar-refractivity contribution is 0.0920. The monoisotopic (exact) mass is 169 g/mol. The standard InChI is InChI=1S/C8H15N3O/c1-6(2)10-7-9-5-4-8(3,12)11-7/h4-6,12H,1-3H3,(H2,9,10,11). The third-order valence-electron chi connectivity index (χ3n) is 1.39. The van der Waals surface area contributed by atoms with Crippen LogP contribution in [0.25, 0.3) is 0 Å². The first-order chi connectivity index (χ1) is 5.49. The van der Waals surface area contributed by atoms with Gasteiger partial charge >= 0.3 is 0 Å². The largest absolute Gasteiger partial charge is 0.368 e. The van der Waals surface area contributed by atoms with Crippen LogP contribution >= 0.6 is 0 Å². The molecule has 0 fully saturated rings. The molecule has 12 heavy (non-hydrogen) atoms. The fourth-order valence-electron chi connectivity index (χ4n) is 0.928. The highest BCUT2D eigenvalue weighted by atomic mass is 16.3. The highest BCUT2D eigenvalue weighted by Gasteiger charge is 2.20. The number of nitrogens with one attached hydrogen (secondary N) is 2. The molecule has 1 atom stereocenters. The van der Waals surface area contributed by atoms with Crippen LogP contribution in [0.3, 0.4) is 0 Å². The minimum Gasteiger partial charge on any atom is -0.368 e. The second-order valence-corrected chi connectivity index (χ2v) is 3.32. The van der Waals surface area contributed by atoms with E-state index < -0.39 is 5.72 Å². The molecular formula is C8H15N3O. The molecular weight excluding hydrogens is 154 g/mol. The molecule has 68 valence electrons. The second-order valence-electron chi connectivity index (χ2n) is 3.32. The van der Waals surface area contributed by atoms with Crippen LogP contribution in [0.15, 0.2) is 17.3 Å². The van der Waals surface area contributed by atoms with Gasteiger partial charge in [0.2, 0.25) is 0 Å². The molecule has 1 heterocycles. The molecule has 1 unspecified atom stereocenters. The summed E-state index contributed by atoms with van der Waals surface area (Å²) < 4.78 is 0. The summed E-state index contributed by atoms with van der Waals surface area (Å²) in [6.45, 7) is 5.62. The van der Waals surface area contributed by atoms with Crippen molar-refractivity contribution in [1.29, 1.82) is 0 Å². The van der Waals surface area contributed by atoms with E-state index in [2.05, 4.69) is 15.6 Å². The van der Waals surface area contributed by atoms with Crippen molar-refractivity contribution in [2.45, 2.75) is 32.5 Å². The molecule has 0 aromatic heterocycles. The van der Waals surface area contributed by atoms with E-state index in [1.54, 1.807) is 19.2 Å². The number of aliphatic imine (C=N–C) groups is 1. The lowest BCUT2D eigenvalue weighted by atomic mass is 10.2. The Labute approximate surface area is 72.4 Å². The van der Waals surface area contributed by atoms with Crippen LogP contribution in [0.4, 0.5) is 0 Å². The highest BCUT2D eigenvalue weighted by Crippen LogP contribution is 2.03. The molecule has 0 saturated heterocycles. The van der Waals surface area contributed by atoms with Crippen molar-refractivity contribution in [2.24, 2.45) is 4.99 Å². The van der Waals surface area contributed by atoms with Gasteiger partial charge in [-0.25, -0.2) is 0 Å². The first-order valence-corrected chi connectivity index (χ1v) is 4.02. The molecule has 4 nitrogen and oxygen atoms in total. The maximum Gasteiger partial charge on any atom is 0.198 e. The Bertz CT molecular complexity index is 218. The van der Waals surface area contributed by atoms with Gasteiger partial charge in [0.25, 0.3) is 0 Å². The van der Waals surface area contributed by atoms with Gasteiger partial charge in [-0.05, 0) is 26.8 Å². The average molecular weight is 169 g/mol. The summed E-state index contributed by atoms with van der Waals surface area (Å²) in [6.07, 6.45) is 3.31. The summed E-state index contributed by atoms with van der Waals surface area (Å²) in [5.41, 5.74) is -0.987. The smallest absolute Gasteiger partial charge is 0.198 e. The average Bonchev–Trinajstić information content (AvgIpc) is 1.82. The zero-order valence-electron chi connectivity index (χ0n) is 7.63. The van der Waals surface area contributed by atoms with Gasteiger partial charge in [0, 0.05) is 12.2 Å². The molecule has 0 radical (unpaired) electrons. The quantitative estimate of drug-likeness (QED) is 0.524. The first kappa shape index (κ1) is 9.06. The molecule has 1 aliphatic heterocycles. The molecule has 1 aliphatic rings. The maximum absolute atomic E-state index is 9.54. The van der Waals surface area contributed by atoms with Gasteiger partial charge in [0.1, 0.15) is 0 Å². The Morgan fingerprint density at radius 3 is 2.75 bits per heavy atom. The second kappa shape index (κ2) is 3.15. The van der Waals surface area contributed by atoms with Crippen molar-refractivity contribution in [3.8, 4) is 0 Å². The van der Waals surface area contributed by atoms with Crippen molar-refractivity contribution in [3.05, 3.63) is 12.3 Å². The van der Waals surface area contributed by atoms with Gasteiger partial charge < -0.3 is 15.7 Å². The minimum absolute atomic E-state index is 0.210. The van der Waals surface area contributed by atoms with Crippen molar-refractivity contribution < 1.29 is 5.11 Å². The summed E-state index contributed by atoms with van der Waals surface area (Å²) >= 11 is 0. The van der Waals surface area contributed by atoms with Crippen LogP contribution in [0.5, 0.6) is 0 Å². The maximum atomic E-state index is 9.54. The third kappa shape index (κ3) is 2.54. The molecule has 0 aromatic carbocycles. The van der Waals surface area contributed by atoms with Crippen LogP contribution in [0, 0.1) is 0 Å². The van der Waals surface area contributed by atoms with Crippen molar-refractivity contribution in [3.63, 3.8) is 0 Å². The number of hydrogen-bond donors (Lipinski definition) is 3. The van der Waals surface area contributed by atoms with Crippen molar-refractivity contribution >= 4 is 5.96 Å². The van der Waals surface area contributed by atoms with Gasteiger partial charge in [0.15, 0.2) is 11.7 Å². The molecule has 3 N–H and O–H groups in total. The van der Waals surface area contributed by atoms with Crippen LogP contribution in [0.1, 0.15) is 20.8 Å². The van der Waals surface area contributed by atoms with Crippen LogP contribution in [-0.4, -0.2) is 22.8 Å². The fourth-order valence-corrected chi connectivity index (χ4v) is 0.928. The fraction of sp³-hybridized carbons (Fsp3) is 0.625. The normalized spacial score (nSPS) is 31.9. The number of hydrogen-bond acceptors (Lipinski definition) is 2. The van der Waals surface area contributed by atoms with E-state index in [1.807, 2.05) is 13.8 Å². The van der Waals surface area contributed by atoms with Gasteiger partial charge in [-0.3, -0.25) is 4.99 Å². The Hall–Kier alpha value is -1.03. The van der Waals surface area contributed by atoms with E-state index in [-0.39, 0.29) is 6.04 Å². The Balaban J connectivity index is 2.68. The molecule has 0 bridgehead atoms. The van der Waals surface area contributed by atoms with E-state index in [9.17, 15) is 5.11 Å². The van der Waals surface area contributed by atoms with E-state index in [1.165, 1.54) is 0 Å². The molecule has 1 rings (SSSR count). The van der Waals surface area contributed by atoms with E-state index in [4.69, 9.17) is 0 Å². The summed E-state index contributed by atoms with van der Waals surface area (Å²) in [5.74, 6) is 0.609. The van der Waals surface area contributed by atoms with E-state index >= 15 is 0 Å². The summed E-state index contributed by atoms with van der Waals surface area (Å²) in [7, 11) is 0. The number of guanidine groups is 1. The van der Waals surface area contributed by atoms with E-state index in [0.717, 1.165) is 0 Å². The first-order valence-electron chi connectivity index (χ1n) is 4.02.